The van der Waals surface area contributed by atoms with Crippen LogP contribution in [0.3, 0.4) is 0 Å². The van der Waals surface area contributed by atoms with Gasteiger partial charge >= 0.3 is 0 Å². The molecular formula is C11H16N2O. The highest BCUT2D eigenvalue weighted by Crippen LogP contribution is 2.34. The molecule has 0 amide bonds. The van der Waals surface area contributed by atoms with Crippen molar-refractivity contribution in [3.05, 3.63) is 30.1 Å². The summed E-state index contributed by atoms with van der Waals surface area (Å²) in [5, 5.41) is 9.27. The molecule has 0 radical (unpaired) electrons. The number of hydrogen-bond acceptors (Lipinski definition) is 3. The zero-order chi connectivity index (χ0) is 9.97. The van der Waals surface area contributed by atoms with E-state index in [1.165, 1.54) is 5.56 Å². The van der Waals surface area contributed by atoms with Gasteiger partial charge in [-0.15, -0.1) is 0 Å². The van der Waals surface area contributed by atoms with Crippen molar-refractivity contribution >= 4 is 0 Å². The average molecular weight is 192 g/mol. The summed E-state index contributed by atoms with van der Waals surface area (Å²) in [5.41, 5.74) is 1.21. The standard InChI is InChI=1S/C11H16N2O/c1-13-6-4-10(8-14)11(13)9-3-2-5-12-7-9/h2-3,5,7,10-11,14H,4,6,8H2,1H3/t10-,11+/m1/s1. The second-order valence-corrected chi connectivity index (χ2v) is 3.94. The van der Waals surface area contributed by atoms with E-state index in [4.69, 9.17) is 0 Å². The van der Waals surface area contributed by atoms with Gasteiger partial charge in [0.1, 0.15) is 0 Å². The summed E-state index contributed by atoms with van der Waals surface area (Å²) < 4.78 is 0. The predicted octanol–water partition coefficient (Wildman–Crippen LogP) is 1.07. The van der Waals surface area contributed by atoms with Gasteiger partial charge in [0.25, 0.3) is 0 Å². The van der Waals surface area contributed by atoms with Crippen LogP contribution in [0.25, 0.3) is 0 Å². The first-order valence-electron chi connectivity index (χ1n) is 5.04. The van der Waals surface area contributed by atoms with Crippen molar-refractivity contribution in [2.45, 2.75) is 12.5 Å². The first kappa shape index (κ1) is 9.62. The van der Waals surface area contributed by atoms with Crippen molar-refractivity contribution in [2.75, 3.05) is 20.2 Å². The Labute approximate surface area is 84.4 Å². The van der Waals surface area contributed by atoms with Crippen molar-refractivity contribution in [1.29, 1.82) is 0 Å². The first-order chi connectivity index (χ1) is 6.83. The Kier molecular flexibility index (Phi) is 2.79. The van der Waals surface area contributed by atoms with Crippen LogP contribution in [0, 0.1) is 5.92 Å². The number of hydrogen-bond donors (Lipinski definition) is 1. The summed E-state index contributed by atoms with van der Waals surface area (Å²) in [5.74, 6) is 0.365. The lowest BCUT2D eigenvalue weighted by molar-refractivity contribution is 0.182. The molecule has 2 rings (SSSR count). The molecule has 0 aliphatic carbocycles. The molecule has 3 nitrogen and oxygen atoms in total. The largest absolute Gasteiger partial charge is 0.396 e. The SMILES string of the molecule is CN1CC[C@H](CO)[C@@H]1c1cccnc1. The monoisotopic (exact) mass is 192 g/mol. The van der Waals surface area contributed by atoms with E-state index in [0.717, 1.165) is 13.0 Å². The van der Waals surface area contributed by atoms with Gasteiger partial charge in [-0.3, -0.25) is 9.88 Å². The van der Waals surface area contributed by atoms with E-state index in [9.17, 15) is 5.11 Å². The Hall–Kier alpha value is -0.930. The average Bonchev–Trinajstić information content (AvgIpc) is 2.61. The Balaban J connectivity index is 2.23. The van der Waals surface area contributed by atoms with Crippen molar-refractivity contribution in [1.82, 2.24) is 9.88 Å². The lowest BCUT2D eigenvalue weighted by Gasteiger charge is -2.23. The van der Waals surface area contributed by atoms with Gasteiger partial charge in [-0.2, -0.15) is 0 Å². The van der Waals surface area contributed by atoms with E-state index < -0.39 is 0 Å². The van der Waals surface area contributed by atoms with Crippen molar-refractivity contribution in [3.63, 3.8) is 0 Å². The third kappa shape index (κ3) is 1.65. The molecular weight excluding hydrogens is 176 g/mol. The number of aliphatic hydroxyl groups is 1. The normalized spacial score (nSPS) is 28.1. The molecule has 1 N–H and O–H groups in total. The summed E-state index contributed by atoms with van der Waals surface area (Å²) in [6.45, 7) is 1.33. The number of aliphatic hydroxyl groups excluding tert-OH is 1. The van der Waals surface area contributed by atoms with Crippen molar-refractivity contribution in [3.8, 4) is 0 Å². The molecule has 0 aromatic carbocycles. The van der Waals surface area contributed by atoms with E-state index in [-0.39, 0.29) is 6.61 Å². The fourth-order valence-corrected chi connectivity index (χ4v) is 2.30. The smallest absolute Gasteiger partial charge is 0.0478 e. The van der Waals surface area contributed by atoms with E-state index >= 15 is 0 Å². The van der Waals surface area contributed by atoms with Gasteiger partial charge < -0.3 is 5.11 Å². The molecule has 14 heavy (non-hydrogen) atoms. The predicted molar refractivity (Wildman–Crippen MR) is 54.8 cm³/mol. The summed E-state index contributed by atoms with van der Waals surface area (Å²) in [6, 6.07) is 4.38. The number of aromatic nitrogens is 1. The van der Waals surface area contributed by atoms with Gasteiger partial charge in [-0.1, -0.05) is 6.07 Å². The van der Waals surface area contributed by atoms with Crippen LogP contribution in [0.15, 0.2) is 24.5 Å². The van der Waals surface area contributed by atoms with Crippen LogP contribution in [0.4, 0.5) is 0 Å². The van der Waals surface area contributed by atoms with Crippen LogP contribution in [-0.2, 0) is 0 Å². The molecule has 2 heterocycles. The lowest BCUT2D eigenvalue weighted by atomic mass is 9.96. The minimum atomic E-state index is 0.268. The van der Waals surface area contributed by atoms with Gasteiger partial charge in [-0.25, -0.2) is 0 Å². The van der Waals surface area contributed by atoms with Crippen LogP contribution in [0.1, 0.15) is 18.0 Å². The van der Waals surface area contributed by atoms with Crippen LogP contribution >= 0.6 is 0 Å². The molecule has 1 fully saturated rings. The Morgan fingerprint density at radius 3 is 3.14 bits per heavy atom. The molecule has 0 bridgehead atoms. The maximum absolute atomic E-state index is 9.27. The van der Waals surface area contributed by atoms with Gasteiger partial charge in [-0.05, 0) is 31.6 Å². The molecule has 1 aromatic heterocycles. The number of pyridine rings is 1. The minimum Gasteiger partial charge on any atom is -0.396 e. The zero-order valence-electron chi connectivity index (χ0n) is 8.43. The molecule has 1 aliphatic rings. The van der Waals surface area contributed by atoms with Gasteiger partial charge in [0.15, 0.2) is 0 Å². The Morgan fingerprint density at radius 2 is 2.50 bits per heavy atom. The molecule has 0 saturated carbocycles. The fraction of sp³-hybridized carbons (Fsp3) is 0.545. The van der Waals surface area contributed by atoms with E-state index in [0.29, 0.717) is 12.0 Å². The molecule has 1 aliphatic heterocycles. The minimum absolute atomic E-state index is 0.268. The highest BCUT2D eigenvalue weighted by atomic mass is 16.3. The van der Waals surface area contributed by atoms with Gasteiger partial charge in [0.2, 0.25) is 0 Å². The summed E-state index contributed by atoms with van der Waals surface area (Å²) in [4.78, 5) is 6.41. The lowest BCUT2D eigenvalue weighted by Crippen LogP contribution is -2.22. The van der Waals surface area contributed by atoms with Crippen LogP contribution in [-0.4, -0.2) is 35.2 Å². The molecule has 1 saturated heterocycles. The summed E-state index contributed by atoms with van der Waals surface area (Å²) >= 11 is 0. The number of nitrogens with zero attached hydrogens (tertiary/aromatic N) is 2. The van der Waals surface area contributed by atoms with E-state index in [2.05, 4.69) is 23.0 Å². The van der Waals surface area contributed by atoms with Crippen molar-refractivity contribution < 1.29 is 5.11 Å². The summed E-state index contributed by atoms with van der Waals surface area (Å²) in [6.07, 6.45) is 4.76. The fourth-order valence-electron chi connectivity index (χ4n) is 2.30. The van der Waals surface area contributed by atoms with Gasteiger partial charge in [0, 0.05) is 31.0 Å². The molecule has 0 spiro atoms. The molecule has 76 valence electrons. The molecule has 3 heteroatoms. The Bertz CT molecular complexity index is 289. The molecule has 0 unspecified atom stereocenters. The second-order valence-electron chi connectivity index (χ2n) is 3.94. The quantitative estimate of drug-likeness (QED) is 0.761. The number of rotatable bonds is 2. The highest BCUT2D eigenvalue weighted by Gasteiger charge is 2.32. The van der Waals surface area contributed by atoms with Crippen LogP contribution in [0.2, 0.25) is 0 Å². The van der Waals surface area contributed by atoms with E-state index in [1.807, 2.05) is 12.3 Å². The molecule has 2 atom stereocenters. The third-order valence-electron chi connectivity index (χ3n) is 3.03. The maximum Gasteiger partial charge on any atom is 0.0478 e. The second kappa shape index (κ2) is 4.07. The number of likely N-dealkylation sites (tertiary alicyclic amines) is 1. The van der Waals surface area contributed by atoms with Crippen LogP contribution < -0.4 is 0 Å². The Morgan fingerprint density at radius 1 is 1.64 bits per heavy atom. The third-order valence-corrected chi connectivity index (χ3v) is 3.03. The maximum atomic E-state index is 9.27. The van der Waals surface area contributed by atoms with Gasteiger partial charge in [0.05, 0.1) is 0 Å². The van der Waals surface area contributed by atoms with Crippen molar-refractivity contribution in [2.24, 2.45) is 5.92 Å². The highest BCUT2D eigenvalue weighted by molar-refractivity contribution is 5.16. The summed E-state index contributed by atoms with van der Waals surface area (Å²) in [7, 11) is 2.10. The van der Waals surface area contributed by atoms with Crippen LogP contribution in [0.5, 0.6) is 0 Å². The zero-order valence-corrected chi connectivity index (χ0v) is 8.43. The topological polar surface area (TPSA) is 36.4 Å². The first-order valence-corrected chi connectivity index (χ1v) is 5.04. The molecule has 1 aromatic rings. The van der Waals surface area contributed by atoms with E-state index in [1.54, 1.807) is 6.20 Å².